The van der Waals surface area contributed by atoms with E-state index in [4.69, 9.17) is 0 Å². The number of anilines is 1. The number of pyridine rings is 2. The lowest BCUT2D eigenvalue weighted by Crippen LogP contribution is -2.17. The molecule has 0 saturated heterocycles. The maximum Gasteiger partial charge on any atom is 0.417 e. The SMILES string of the molecule is CCc1nc2ccc(Br)cn2c1C(=O)Nc1ccc(C(F)(F)F)cn1. The van der Waals surface area contributed by atoms with Crippen LogP contribution in [0.1, 0.15) is 28.7 Å². The van der Waals surface area contributed by atoms with Gasteiger partial charge in [0.1, 0.15) is 17.2 Å². The maximum absolute atomic E-state index is 12.6. The smallest absolute Gasteiger partial charge is 0.305 e. The summed E-state index contributed by atoms with van der Waals surface area (Å²) >= 11 is 3.34. The van der Waals surface area contributed by atoms with Gasteiger partial charge in [0.15, 0.2) is 0 Å². The lowest BCUT2D eigenvalue weighted by atomic mass is 10.2. The number of halogens is 4. The van der Waals surface area contributed by atoms with Gasteiger partial charge in [-0.25, -0.2) is 9.97 Å². The third kappa shape index (κ3) is 3.51. The van der Waals surface area contributed by atoms with Crippen LogP contribution in [0, 0.1) is 0 Å². The van der Waals surface area contributed by atoms with Gasteiger partial charge in [-0.05, 0) is 46.6 Å². The van der Waals surface area contributed by atoms with Crippen molar-refractivity contribution in [2.24, 2.45) is 0 Å². The Kier molecular flexibility index (Phi) is 4.51. The zero-order chi connectivity index (χ0) is 18.2. The molecule has 0 aliphatic heterocycles. The first-order chi connectivity index (χ1) is 11.8. The summed E-state index contributed by atoms with van der Waals surface area (Å²) in [5, 5.41) is 2.52. The molecule has 3 aromatic rings. The quantitative estimate of drug-likeness (QED) is 0.696. The summed E-state index contributed by atoms with van der Waals surface area (Å²) in [6.45, 7) is 1.87. The maximum atomic E-state index is 12.6. The van der Waals surface area contributed by atoms with Crippen LogP contribution in [0.3, 0.4) is 0 Å². The monoisotopic (exact) mass is 412 g/mol. The van der Waals surface area contributed by atoms with Crippen LogP contribution in [0.15, 0.2) is 41.1 Å². The van der Waals surface area contributed by atoms with Gasteiger partial charge in [-0.15, -0.1) is 0 Å². The second-order valence-corrected chi connectivity index (χ2v) is 6.14. The topological polar surface area (TPSA) is 59.3 Å². The highest BCUT2D eigenvalue weighted by Crippen LogP contribution is 2.29. The van der Waals surface area contributed by atoms with Gasteiger partial charge in [-0.2, -0.15) is 13.2 Å². The average Bonchev–Trinajstić information content (AvgIpc) is 2.92. The van der Waals surface area contributed by atoms with Crippen molar-refractivity contribution in [1.82, 2.24) is 14.4 Å². The molecule has 0 atom stereocenters. The number of nitrogens with one attached hydrogen (secondary N) is 1. The van der Waals surface area contributed by atoms with Crippen molar-refractivity contribution in [2.45, 2.75) is 19.5 Å². The number of fused-ring (bicyclic) bond motifs is 1. The van der Waals surface area contributed by atoms with Crippen molar-refractivity contribution in [3.8, 4) is 0 Å². The van der Waals surface area contributed by atoms with Crippen LogP contribution in [0.25, 0.3) is 5.65 Å². The molecule has 5 nitrogen and oxygen atoms in total. The normalized spacial score (nSPS) is 11.7. The molecule has 3 heterocycles. The highest BCUT2D eigenvalue weighted by molar-refractivity contribution is 9.10. The van der Waals surface area contributed by atoms with Crippen molar-refractivity contribution < 1.29 is 18.0 Å². The lowest BCUT2D eigenvalue weighted by molar-refractivity contribution is -0.137. The van der Waals surface area contributed by atoms with E-state index in [0.29, 0.717) is 29.7 Å². The second kappa shape index (κ2) is 6.47. The van der Waals surface area contributed by atoms with Crippen molar-refractivity contribution in [3.63, 3.8) is 0 Å². The Hall–Kier alpha value is -2.42. The Morgan fingerprint density at radius 2 is 2.04 bits per heavy atom. The standard InChI is InChI=1S/C16H12BrF3N4O/c1-2-11-14(24-8-10(17)4-6-13(24)22-11)15(25)23-12-5-3-9(7-21-12)16(18,19)20/h3-8H,2H2,1H3,(H,21,23,25). The fourth-order valence-corrected chi connectivity index (χ4v) is 2.70. The Morgan fingerprint density at radius 3 is 2.64 bits per heavy atom. The van der Waals surface area contributed by atoms with Gasteiger partial charge in [-0.1, -0.05) is 6.92 Å². The highest BCUT2D eigenvalue weighted by Gasteiger charge is 2.30. The molecule has 1 amide bonds. The Labute approximate surface area is 149 Å². The Bertz CT molecular complexity index is 935. The first-order valence-corrected chi connectivity index (χ1v) is 8.10. The van der Waals surface area contributed by atoms with Crippen molar-refractivity contribution in [3.05, 3.63) is 58.1 Å². The molecule has 0 bridgehead atoms. The number of amides is 1. The molecule has 0 saturated carbocycles. The molecule has 25 heavy (non-hydrogen) atoms. The fourth-order valence-electron chi connectivity index (χ4n) is 2.37. The molecule has 0 spiro atoms. The molecule has 0 aromatic carbocycles. The second-order valence-electron chi connectivity index (χ2n) is 5.22. The van der Waals surface area contributed by atoms with Crippen molar-refractivity contribution >= 4 is 33.3 Å². The van der Waals surface area contributed by atoms with E-state index in [1.807, 2.05) is 6.92 Å². The van der Waals surface area contributed by atoms with Crippen LogP contribution < -0.4 is 5.32 Å². The summed E-state index contributed by atoms with van der Waals surface area (Å²) < 4.78 is 40.1. The third-order valence-corrected chi connectivity index (χ3v) is 4.01. The Morgan fingerprint density at radius 1 is 1.28 bits per heavy atom. The predicted molar refractivity (Wildman–Crippen MR) is 89.5 cm³/mol. The first-order valence-electron chi connectivity index (χ1n) is 7.30. The van der Waals surface area contributed by atoms with E-state index in [-0.39, 0.29) is 5.82 Å². The zero-order valence-corrected chi connectivity index (χ0v) is 14.5. The van der Waals surface area contributed by atoms with Gasteiger partial charge in [0.05, 0.1) is 11.3 Å². The average molecular weight is 413 g/mol. The van der Waals surface area contributed by atoms with E-state index in [0.717, 1.165) is 16.6 Å². The summed E-state index contributed by atoms with van der Waals surface area (Å²) in [6.07, 6.45) is -1.56. The van der Waals surface area contributed by atoms with Gasteiger partial charge in [0, 0.05) is 16.9 Å². The van der Waals surface area contributed by atoms with E-state index in [1.54, 1.807) is 22.7 Å². The molecule has 0 unspecified atom stereocenters. The van der Waals surface area contributed by atoms with Crippen molar-refractivity contribution in [1.29, 1.82) is 0 Å². The predicted octanol–water partition coefficient (Wildman–Crippen LogP) is 4.33. The van der Waals surface area contributed by atoms with Crippen LogP contribution in [-0.4, -0.2) is 20.3 Å². The van der Waals surface area contributed by atoms with Crippen molar-refractivity contribution in [2.75, 3.05) is 5.32 Å². The number of alkyl halides is 3. The number of rotatable bonds is 3. The van der Waals surface area contributed by atoms with E-state index >= 15 is 0 Å². The van der Waals surface area contributed by atoms with Crippen LogP contribution in [0.5, 0.6) is 0 Å². The minimum atomic E-state index is -4.47. The van der Waals surface area contributed by atoms with Gasteiger partial charge in [-0.3, -0.25) is 9.20 Å². The van der Waals surface area contributed by atoms with Gasteiger partial charge in [0.25, 0.3) is 5.91 Å². The molecule has 0 fully saturated rings. The van der Waals surface area contributed by atoms with Crippen LogP contribution in [-0.2, 0) is 12.6 Å². The molecule has 0 radical (unpaired) electrons. The van der Waals surface area contributed by atoms with Crippen LogP contribution in [0.4, 0.5) is 19.0 Å². The molecular formula is C16H12BrF3N4O. The molecule has 3 rings (SSSR count). The lowest BCUT2D eigenvalue weighted by Gasteiger charge is -2.08. The zero-order valence-electron chi connectivity index (χ0n) is 12.9. The number of carbonyl (C=O) groups excluding carboxylic acids is 1. The number of imidazole rings is 1. The van der Waals surface area contributed by atoms with Crippen LogP contribution >= 0.6 is 15.9 Å². The number of carbonyl (C=O) groups is 1. The van der Waals surface area contributed by atoms with Gasteiger partial charge in [0.2, 0.25) is 0 Å². The first kappa shape index (κ1) is 17.4. The largest absolute Gasteiger partial charge is 0.417 e. The minimum absolute atomic E-state index is 0.0324. The summed E-state index contributed by atoms with van der Waals surface area (Å²) in [5.74, 6) is -0.459. The number of hydrogen-bond donors (Lipinski definition) is 1. The summed E-state index contributed by atoms with van der Waals surface area (Å²) in [5.41, 5.74) is 0.632. The van der Waals surface area contributed by atoms with E-state index < -0.39 is 17.6 Å². The van der Waals surface area contributed by atoms with E-state index in [1.165, 1.54) is 0 Å². The Balaban J connectivity index is 1.93. The molecule has 3 aromatic heterocycles. The number of aromatic nitrogens is 3. The number of hydrogen-bond acceptors (Lipinski definition) is 3. The van der Waals surface area contributed by atoms with Gasteiger partial charge < -0.3 is 5.32 Å². The summed E-state index contributed by atoms with van der Waals surface area (Å²) in [7, 11) is 0. The number of nitrogens with zero attached hydrogens (tertiary/aromatic N) is 3. The van der Waals surface area contributed by atoms with E-state index in [9.17, 15) is 18.0 Å². The molecule has 9 heteroatoms. The fraction of sp³-hybridized carbons (Fsp3) is 0.188. The summed E-state index contributed by atoms with van der Waals surface area (Å²) in [6, 6.07) is 5.55. The van der Waals surface area contributed by atoms with E-state index in [2.05, 4.69) is 31.2 Å². The summed E-state index contributed by atoms with van der Waals surface area (Å²) in [4.78, 5) is 20.7. The highest BCUT2D eigenvalue weighted by atomic mass is 79.9. The molecule has 130 valence electrons. The number of aryl methyl sites for hydroxylation is 1. The molecule has 0 aliphatic rings. The molecule has 1 N–H and O–H groups in total. The third-order valence-electron chi connectivity index (χ3n) is 3.54. The molecule has 0 aliphatic carbocycles. The minimum Gasteiger partial charge on any atom is -0.305 e. The molecular weight excluding hydrogens is 401 g/mol. The van der Waals surface area contributed by atoms with Crippen LogP contribution in [0.2, 0.25) is 0 Å². The van der Waals surface area contributed by atoms with Gasteiger partial charge >= 0.3 is 6.18 Å².